The summed E-state index contributed by atoms with van der Waals surface area (Å²) in [7, 11) is 0. The van der Waals surface area contributed by atoms with E-state index in [1.54, 1.807) is 6.92 Å². The van der Waals surface area contributed by atoms with Crippen LogP contribution in [0.15, 0.2) is 34.9 Å². The molecule has 142 valence electrons. The molecule has 0 heterocycles. The Morgan fingerprint density at radius 2 is 1.56 bits per heavy atom. The van der Waals surface area contributed by atoms with Gasteiger partial charge in [0.15, 0.2) is 0 Å². The van der Waals surface area contributed by atoms with Gasteiger partial charge in [-0.05, 0) is 78.4 Å². The average Bonchev–Trinajstić information content (AvgIpc) is 2.58. The molecule has 0 saturated carbocycles. The van der Waals surface area contributed by atoms with Crippen LogP contribution in [0.1, 0.15) is 74.1 Å². The van der Waals surface area contributed by atoms with Gasteiger partial charge in [0.25, 0.3) is 0 Å². The molecule has 2 atom stereocenters. The summed E-state index contributed by atoms with van der Waals surface area (Å²) in [6, 6.07) is 0. The van der Waals surface area contributed by atoms with Crippen molar-refractivity contribution < 1.29 is 19.1 Å². The van der Waals surface area contributed by atoms with Crippen LogP contribution in [-0.4, -0.2) is 24.1 Å². The molecule has 0 spiro atoms. The Labute approximate surface area is 153 Å². The van der Waals surface area contributed by atoms with Crippen molar-refractivity contribution in [1.82, 2.24) is 0 Å². The molecule has 0 bridgehead atoms. The number of esters is 2. The molecule has 0 radical (unpaired) electrons. The molecular weight excluding hydrogens is 316 g/mol. The van der Waals surface area contributed by atoms with Gasteiger partial charge in [0.1, 0.15) is 6.10 Å². The predicted octanol–water partition coefficient (Wildman–Crippen LogP) is 5.29. The van der Waals surface area contributed by atoms with Crippen molar-refractivity contribution in [2.24, 2.45) is 0 Å². The monoisotopic (exact) mass is 350 g/mol. The summed E-state index contributed by atoms with van der Waals surface area (Å²) in [5, 5.41) is 0. The molecular formula is C21H34O4. The smallest absolute Gasteiger partial charge is 0.334 e. The van der Waals surface area contributed by atoms with Crippen LogP contribution in [0, 0.1) is 0 Å². The van der Waals surface area contributed by atoms with Gasteiger partial charge in [0, 0.05) is 11.6 Å². The van der Waals surface area contributed by atoms with E-state index >= 15 is 0 Å². The molecule has 0 rings (SSSR count). The van der Waals surface area contributed by atoms with E-state index < -0.39 is 5.97 Å². The standard InChI is InChI=1S/C21H34O4/c1-9-19(25-20(22)10-2)13-11-12-15(5)24-21(23)18(8)17(7)16(6)14(3)4/h10,15,19H,2,9,11-13H2,1,3-8H3/b18-17+. The molecule has 4 heteroatoms. The first-order valence-electron chi connectivity index (χ1n) is 8.99. The summed E-state index contributed by atoms with van der Waals surface area (Å²) < 4.78 is 10.8. The molecule has 2 unspecified atom stereocenters. The maximum Gasteiger partial charge on any atom is 0.334 e. The quantitative estimate of drug-likeness (QED) is 0.305. The fourth-order valence-electron chi connectivity index (χ4n) is 2.33. The van der Waals surface area contributed by atoms with Crippen LogP contribution in [0.3, 0.4) is 0 Å². The molecule has 0 fully saturated rings. The molecule has 0 amide bonds. The van der Waals surface area contributed by atoms with Crippen molar-refractivity contribution in [3.63, 3.8) is 0 Å². The van der Waals surface area contributed by atoms with Crippen LogP contribution in [0.2, 0.25) is 0 Å². The van der Waals surface area contributed by atoms with Crippen molar-refractivity contribution >= 4 is 11.9 Å². The zero-order valence-corrected chi connectivity index (χ0v) is 16.9. The number of hydrogen-bond donors (Lipinski definition) is 0. The van der Waals surface area contributed by atoms with Crippen LogP contribution in [-0.2, 0) is 19.1 Å². The molecule has 0 aromatic carbocycles. The first-order chi connectivity index (χ1) is 11.6. The number of carbonyl (C=O) groups excluding carboxylic acids is 2. The number of rotatable bonds is 10. The molecule has 0 saturated heterocycles. The van der Waals surface area contributed by atoms with E-state index in [0.29, 0.717) is 5.57 Å². The first-order valence-corrected chi connectivity index (χ1v) is 8.99. The minimum absolute atomic E-state index is 0.113. The van der Waals surface area contributed by atoms with Crippen LogP contribution >= 0.6 is 0 Å². The second-order valence-electron chi connectivity index (χ2n) is 6.69. The second kappa shape index (κ2) is 11.7. The van der Waals surface area contributed by atoms with Crippen molar-refractivity contribution in [3.8, 4) is 0 Å². The minimum Gasteiger partial charge on any atom is -0.459 e. The Balaban J connectivity index is 4.51. The van der Waals surface area contributed by atoms with E-state index in [2.05, 4.69) is 6.58 Å². The number of carbonyl (C=O) groups is 2. The third kappa shape index (κ3) is 8.71. The highest BCUT2D eigenvalue weighted by Crippen LogP contribution is 2.19. The van der Waals surface area contributed by atoms with Gasteiger partial charge in [0.05, 0.1) is 6.10 Å². The van der Waals surface area contributed by atoms with Crippen molar-refractivity contribution in [2.45, 2.75) is 86.4 Å². The average molecular weight is 350 g/mol. The van der Waals surface area contributed by atoms with Gasteiger partial charge in [-0.1, -0.05) is 19.1 Å². The van der Waals surface area contributed by atoms with E-state index in [1.807, 2.05) is 41.5 Å². The number of allylic oxidation sites excluding steroid dienone is 3. The Hall–Kier alpha value is -1.84. The zero-order chi connectivity index (χ0) is 19.6. The highest BCUT2D eigenvalue weighted by atomic mass is 16.5. The normalized spacial score (nSPS) is 14.0. The third-order valence-corrected chi connectivity index (χ3v) is 4.53. The van der Waals surface area contributed by atoms with E-state index in [0.717, 1.165) is 36.8 Å². The van der Waals surface area contributed by atoms with Gasteiger partial charge >= 0.3 is 11.9 Å². The fourth-order valence-corrected chi connectivity index (χ4v) is 2.33. The maximum atomic E-state index is 12.3. The molecule has 0 aromatic heterocycles. The molecule has 0 aromatic rings. The first kappa shape index (κ1) is 23.2. The summed E-state index contributed by atoms with van der Waals surface area (Å²) in [5.41, 5.74) is 3.94. The lowest BCUT2D eigenvalue weighted by atomic mass is 10.0. The van der Waals surface area contributed by atoms with Gasteiger partial charge in [-0.3, -0.25) is 0 Å². The van der Waals surface area contributed by atoms with Gasteiger partial charge in [-0.25, -0.2) is 9.59 Å². The Bertz CT molecular complexity index is 536. The van der Waals surface area contributed by atoms with Crippen molar-refractivity contribution in [2.75, 3.05) is 0 Å². The lowest BCUT2D eigenvalue weighted by Crippen LogP contribution is -2.19. The van der Waals surface area contributed by atoms with Gasteiger partial charge in [-0.2, -0.15) is 0 Å². The lowest BCUT2D eigenvalue weighted by molar-refractivity contribution is -0.143. The van der Waals surface area contributed by atoms with E-state index in [-0.39, 0.29) is 18.2 Å². The largest absolute Gasteiger partial charge is 0.459 e. The summed E-state index contributed by atoms with van der Waals surface area (Å²) in [6.45, 7) is 17.1. The molecule has 0 aliphatic rings. The summed E-state index contributed by atoms with van der Waals surface area (Å²) in [4.78, 5) is 23.5. The van der Waals surface area contributed by atoms with Crippen LogP contribution < -0.4 is 0 Å². The maximum absolute atomic E-state index is 12.3. The number of hydrogen-bond acceptors (Lipinski definition) is 4. The van der Waals surface area contributed by atoms with Crippen molar-refractivity contribution in [1.29, 1.82) is 0 Å². The minimum atomic E-state index is -0.391. The molecule has 4 nitrogen and oxygen atoms in total. The van der Waals surface area contributed by atoms with Gasteiger partial charge in [0.2, 0.25) is 0 Å². The molecule has 0 N–H and O–H groups in total. The Kier molecular flexibility index (Phi) is 10.8. The second-order valence-corrected chi connectivity index (χ2v) is 6.69. The van der Waals surface area contributed by atoms with Crippen LogP contribution in [0.25, 0.3) is 0 Å². The van der Waals surface area contributed by atoms with Crippen molar-refractivity contribution in [3.05, 3.63) is 34.9 Å². The van der Waals surface area contributed by atoms with E-state index in [4.69, 9.17) is 9.47 Å². The number of ether oxygens (including phenoxy) is 2. The fraction of sp³-hybridized carbons (Fsp3) is 0.619. The SMILES string of the molecule is C=CC(=O)OC(CC)CCCC(C)OC(=O)/C(C)=C(\C)C(C)=C(C)C. The van der Waals surface area contributed by atoms with Gasteiger partial charge < -0.3 is 9.47 Å². The van der Waals surface area contributed by atoms with E-state index in [1.165, 1.54) is 11.6 Å². The predicted molar refractivity (Wildman–Crippen MR) is 102 cm³/mol. The van der Waals surface area contributed by atoms with E-state index in [9.17, 15) is 9.59 Å². The molecule has 0 aliphatic heterocycles. The summed E-state index contributed by atoms with van der Waals surface area (Å²) in [6.07, 6.45) is 3.97. The highest BCUT2D eigenvalue weighted by Gasteiger charge is 2.16. The highest BCUT2D eigenvalue weighted by molar-refractivity contribution is 5.89. The lowest BCUT2D eigenvalue weighted by Gasteiger charge is -2.18. The Morgan fingerprint density at radius 3 is 2.04 bits per heavy atom. The summed E-state index contributed by atoms with van der Waals surface area (Å²) >= 11 is 0. The van der Waals surface area contributed by atoms with Crippen LogP contribution in [0.4, 0.5) is 0 Å². The molecule has 0 aliphatic carbocycles. The topological polar surface area (TPSA) is 52.6 Å². The molecule has 25 heavy (non-hydrogen) atoms. The van der Waals surface area contributed by atoms with Gasteiger partial charge in [-0.15, -0.1) is 0 Å². The van der Waals surface area contributed by atoms with Crippen LogP contribution in [0.5, 0.6) is 0 Å². The Morgan fingerprint density at radius 1 is 0.960 bits per heavy atom. The third-order valence-electron chi connectivity index (χ3n) is 4.53. The zero-order valence-electron chi connectivity index (χ0n) is 16.9. The summed E-state index contributed by atoms with van der Waals surface area (Å²) in [5.74, 6) is -0.659.